The minimum Gasteiger partial charge on any atom is -0.357 e. The first-order chi connectivity index (χ1) is 11.8. The number of anilines is 1. The van der Waals surface area contributed by atoms with Crippen molar-refractivity contribution < 1.29 is 0 Å². The molecule has 1 unspecified atom stereocenters. The molecular formula is C17H29N5S2. The second-order valence-corrected chi connectivity index (χ2v) is 8.59. The van der Waals surface area contributed by atoms with Crippen molar-refractivity contribution in [1.82, 2.24) is 15.6 Å². The fraction of sp³-hybridized carbons (Fsp3) is 0.765. The van der Waals surface area contributed by atoms with E-state index in [1.54, 1.807) is 11.3 Å². The van der Waals surface area contributed by atoms with E-state index in [0.29, 0.717) is 5.25 Å². The number of aliphatic imine (C=N–C) groups is 1. The van der Waals surface area contributed by atoms with Crippen molar-refractivity contribution in [2.45, 2.75) is 44.3 Å². The summed E-state index contributed by atoms with van der Waals surface area (Å²) in [4.78, 5) is 11.9. The Kier molecular flexibility index (Phi) is 7.08. The number of hydrogen-bond donors (Lipinski definition) is 2. The quantitative estimate of drug-likeness (QED) is 0.573. The molecular weight excluding hydrogens is 338 g/mol. The van der Waals surface area contributed by atoms with E-state index in [9.17, 15) is 0 Å². The van der Waals surface area contributed by atoms with Crippen LogP contribution in [0.5, 0.6) is 0 Å². The Hall–Kier alpha value is -0.950. The predicted octanol–water partition coefficient (Wildman–Crippen LogP) is 2.74. The smallest absolute Gasteiger partial charge is 0.191 e. The molecule has 1 aromatic heterocycles. The summed E-state index contributed by atoms with van der Waals surface area (Å²) in [5, 5.41) is 10.9. The maximum absolute atomic E-state index is 4.78. The summed E-state index contributed by atoms with van der Waals surface area (Å²) in [5.74, 6) is 2.24. The minimum atomic E-state index is 0.710. The van der Waals surface area contributed by atoms with Crippen molar-refractivity contribution in [2.24, 2.45) is 4.99 Å². The molecule has 24 heavy (non-hydrogen) atoms. The van der Waals surface area contributed by atoms with E-state index >= 15 is 0 Å². The zero-order chi connectivity index (χ0) is 16.6. The van der Waals surface area contributed by atoms with Gasteiger partial charge in [0.15, 0.2) is 11.1 Å². The summed E-state index contributed by atoms with van der Waals surface area (Å²) < 4.78 is 0. The summed E-state index contributed by atoms with van der Waals surface area (Å²) in [6, 6.07) is 0. The fourth-order valence-electron chi connectivity index (χ4n) is 3.10. The summed E-state index contributed by atoms with van der Waals surface area (Å²) in [5.41, 5.74) is 1.19. The Morgan fingerprint density at radius 1 is 1.33 bits per heavy atom. The third kappa shape index (κ3) is 5.28. The molecule has 7 heteroatoms. The van der Waals surface area contributed by atoms with Crippen LogP contribution in [-0.4, -0.2) is 54.7 Å². The van der Waals surface area contributed by atoms with Gasteiger partial charge >= 0.3 is 0 Å². The lowest BCUT2D eigenvalue weighted by molar-refractivity contribution is 0.758. The van der Waals surface area contributed by atoms with Gasteiger partial charge in [-0.1, -0.05) is 0 Å². The van der Waals surface area contributed by atoms with Gasteiger partial charge in [-0.05, 0) is 38.4 Å². The lowest BCUT2D eigenvalue weighted by Gasteiger charge is -2.13. The van der Waals surface area contributed by atoms with Gasteiger partial charge < -0.3 is 15.5 Å². The van der Waals surface area contributed by atoms with Gasteiger partial charge in [0.25, 0.3) is 0 Å². The second-order valence-electron chi connectivity index (χ2n) is 6.35. The van der Waals surface area contributed by atoms with Crippen LogP contribution in [0.4, 0.5) is 5.13 Å². The first-order valence-electron chi connectivity index (χ1n) is 9.18. The average Bonchev–Trinajstić information content (AvgIpc) is 3.33. The third-order valence-electron chi connectivity index (χ3n) is 4.41. The number of aromatic nitrogens is 1. The topological polar surface area (TPSA) is 52.6 Å². The molecule has 2 saturated heterocycles. The van der Waals surface area contributed by atoms with E-state index in [2.05, 4.69) is 39.6 Å². The van der Waals surface area contributed by atoms with Gasteiger partial charge in [-0.15, -0.1) is 11.3 Å². The molecule has 0 bridgehead atoms. The lowest BCUT2D eigenvalue weighted by atomic mass is 10.2. The van der Waals surface area contributed by atoms with Crippen molar-refractivity contribution >= 4 is 34.2 Å². The molecule has 134 valence electrons. The molecule has 0 aliphatic carbocycles. The summed E-state index contributed by atoms with van der Waals surface area (Å²) in [6.45, 7) is 7.16. The highest BCUT2D eigenvalue weighted by atomic mass is 32.2. The number of hydrogen-bond acceptors (Lipinski definition) is 5. The van der Waals surface area contributed by atoms with Crippen LogP contribution in [0.1, 0.15) is 38.3 Å². The maximum Gasteiger partial charge on any atom is 0.191 e. The molecule has 3 rings (SSSR count). The van der Waals surface area contributed by atoms with Gasteiger partial charge in [0.1, 0.15) is 0 Å². The molecule has 2 aliphatic heterocycles. The van der Waals surface area contributed by atoms with Crippen LogP contribution >= 0.6 is 23.1 Å². The number of nitrogens with one attached hydrogen (secondary N) is 2. The van der Waals surface area contributed by atoms with Gasteiger partial charge in [0.2, 0.25) is 0 Å². The highest BCUT2D eigenvalue weighted by Gasteiger charge is 2.16. The van der Waals surface area contributed by atoms with Crippen LogP contribution in [0, 0.1) is 0 Å². The Bertz CT molecular complexity index is 519. The number of nitrogens with zero attached hydrogens (tertiary/aromatic N) is 3. The van der Waals surface area contributed by atoms with E-state index in [4.69, 9.17) is 9.98 Å². The number of thiazole rings is 1. The van der Waals surface area contributed by atoms with Crippen molar-refractivity contribution in [3.05, 3.63) is 11.1 Å². The molecule has 5 nitrogen and oxygen atoms in total. The standard InChI is InChI=1S/C17H29N5S2/c1-2-18-16(20-12-15-6-5-11-23-15)19-8-7-14-13-24-17(21-14)22-9-3-4-10-22/h13,15H,2-12H2,1H3,(H2,18,19,20). The summed E-state index contributed by atoms with van der Waals surface area (Å²) >= 11 is 3.84. The zero-order valence-corrected chi connectivity index (χ0v) is 16.2. The highest BCUT2D eigenvalue weighted by Crippen LogP contribution is 2.26. The fourth-order valence-corrected chi connectivity index (χ4v) is 5.19. The lowest BCUT2D eigenvalue weighted by Crippen LogP contribution is -2.38. The highest BCUT2D eigenvalue weighted by molar-refractivity contribution is 8.00. The zero-order valence-electron chi connectivity index (χ0n) is 14.6. The Morgan fingerprint density at radius 3 is 2.96 bits per heavy atom. The summed E-state index contributed by atoms with van der Waals surface area (Å²) in [6.07, 6.45) is 6.22. The van der Waals surface area contributed by atoms with Crippen molar-refractivity contribution in [2.75, 3.05) is 43.4 Å². The third-order valence-corrected chi connectivity index (χ3v) is 6.74. The largest absolute Gasteiger partial charge is 0.357 e. The Labute approximate surface area is 153 Å². The van der Waals surface area contributed by atoms with Gasteiger partial charge in [-0.3, -0.25) is 4.99 Å². The van der Waals surface area contributed by atoms with E-state index in [1.165, 1.54) is 55.4 Å². The molecule has 0 saturated carbocycles. The van der Waals surface area contributed by atoms with Crippen molar-refractivity contribution in [1.29, 1.82) is 0 Å². The molecule has 0 spiro atoms. The maximum atomic E-state index is 4.78. The van der Waals surface area contributed by atoms with Crippen molar-refractivity contribution in [3.8, 4) is 0 Å². The van der Waals surface area contributed by atoms with Crippen LogP contribution in [0.15, 0.2) is 10.4 Å². The van der Waals surface area contributed by atoms with Crippen LogP contribution in [-0.2, 0) is 6.42 Å². The molecule has 2 fully saturated rings. The number of rotatable bonds is 7. The molecule has 1 atom stereocenters. The molecule has 2 N–H and O–H groups in total. The van der Waals surface area contributed by atoms with Gasteiger partial charge in [0.05, 0.1) is 12.2 Å². The molecule has 3 heterocycles. The van der Waals surface area contributed by atoms with E-state index < -0.39 is 0 Å². The predicted molar refractivity (Wildman–Crippen MR) is 107 cm³/mol. The summed E-state index contributed by atoms with van der Waals surface area (Å²) in [7, 11) is 0. The molecule has 1 aromatic rings. The molecule has 0 aromatic carbocycles. The molecule has 0 radical (unpaired) electrons. The molecule has 2 aliphatic rings. The average molecular weight is 368 g/mol. The van der Waals surface area contributed by atoms with Crippen LogP contribution in [0.2, 0.25) is 0 Å². The first-order valence-corrected chi connectivity index (χ1v) is 11.1. The second kappa shape index (κ2) is 9.51. The van der Waals surface area contributed by atoms with Gasteiger partial charge in [0, 0.05) is 43.2 Å². The number of thioether (sulfide) groups is 1. The Morgan fingerprint density at radius 2 is 2.21 bits per heavy atom. The van der Waals surface area contributed by atoms with Gasteiger partial charge in [-0.2, -0.15) is 11.8 Å². The van der Waals surface area contributed by atoms with E-state index in [0.717, 1.165) is 32.0 Å². The number of guanidine groups is 1. The first kappa shape index (κ1) is 17.9. The van der Waals surface area contributed by atoms with E-state index in [-0.39, 0.29) is 0 Å². The normalized spacial score (nSPS) is 21.5. The van der Waals surface area contributed by atoms with E-state index in [1.807, 2.05) is 0 Å². The monoisotopic (exact) mass is 367 g/mol. The van der Waals surface area contributed by atoms with Crippen LogP contribution in [0.3, 0.4) is 0 Å². The minimum absolute atomic E-state index is 0.710. The van der Waals surface area contributed by atoms with Crippen molar-refractivity contribution in [3.63, 3.8) is 0 Å². The molecule has 0 amide bonds. The SMILES string of the molecule is CCNC(=NCC1CCCS1)NCCc1csc(N2CCCC2)n1. The Balaban J connectivity index is 1.43. The van der Waals surface area contributed by atoms with Crippen LogP contribution in [0.25, 0.3) is 0 Å². The van der Waals surface area contributed by atoms with Crippen LogP contribution < -0.4 is 15.5 Å². The van der Waals surface area contributed by atoms with Gasteiger partial charge in [-0.25, -0.2) is 4.98 Å².